The number of aliphatic hydroxyl groups is 1. The van der Waals surface area contributed by atoms with Gasteiger partial charge in [0.05, 0.1) is 18.2 Å². The number of halogens is 2. The van der Waals surface area contributed by atoms with Crippen LogP contribution in [0.25, 0.3) is 0 Å². The molecule has 27 heavy (non-hydrogen) atoms. The van der Waals surface area contributed by atoms with E-state index in [1.807, 2.05) is 27.7 Å². The number of rotatable bonds is 5. The average molecular weight is 388 g/mol. The second kappa shape index (κ2) is 15.7. The van der Waals surface area contributed by atoms with E-state index in [9.17, 15) is 13.6 Å². The molecule has 1 unspecified atom stereocenters. The highest BCUT2D eigenvalue weighted by molar-refractivity contribution is 6.09. The summed E-state index contributed by atoms with van der Waals surface area (Å²) in [4.78, 5) is 10.7. The monoisotopic (exact) mass is 388 g/mol. The van der Waals surface area contributed by atoms with Crippen LogP contribution in [0.15, 0.2) is 35.7 Å². The van der Waals surface area contributed by atoms with E-state index in [2.05, 4.69) is 4.74 Å². The van der Waals surface area contributed by atoms with Crippen molar-refractivity contribution >= 4 is 12.0 Å². The normalized spacial score (nSPS) is 14.9. The van der Waals surface area contributed by atoms with Gasteiger partial charge in [-0.1, -0.05) is 39.8 Å². The lowest BCUT2D eigenvalue weighted by Crippen LogP contribution is -2.26. The highest BCUT2D eigenvalue weighted by Gasteiger charge is 2.23. The first-order chi connectivity index (χ1) is 13.0. The van der Waals surface area contributed by atoms with Gasteiger partial charge in [0.25, 0.3) is 0 Å². The third-order valence-electron chi connectivity index (χ3n) is 2.98. The molecule has 1 aliphatic rings. The van der Waals surface area contributed by atoms with Crippen LogP contribution in [0.1, 0.15) is 39.7 Å². The molecule has 0 spiro atoms. The second-order valence-corrected chi connectivity index (χ2v) is 4.55. The first kappa shape index (κ1) is 26.7. The molecular formula is C19H30F2N2O4. The number of aliphatic hydroxyl groups excluding tert-OH is 1. The van der Waals surface area contributed by atoms with Crippen LogP contribution in [-0.4, -0.2) is 37.4 Å². The van der Waals surface area contributed by atoms with Crippen molar-refractivity contribution in [1.82, 2.24) is 0 Å². The Kier molecular flexibility index (Phi) is 15.6. The van der Waals surface area contributed by atoms with E-state index in [1.54, 1.807) is 6.07 Å². The minimum atomic E-state index is -2.93. The maximum Gasteiger partial charge on any atom is 0.387 e. The van der Waals surface area contributed by atoms with Crippen molar-refractivity contribution in [2.24, 2.45) is 11.7 Å². The fraction of sp³-hybridized carbons (Fsp3) is 0.474. The number of alkyl halides is 2. The number of nitrogens with one attached hydrogen (secondary N) is 1. The van der Waals surface area contributed by atoms with Crippen LogP contribution in [0, 0.1) is 11.3 Å². The molecule has 0 saturated heterocycles. The molecule has 0 saturated carbocycles. The van der Waals surface area contributed by atoms with Crippen LogP contribution in [-0.2, 0) is 9.53 Å². The number of carbonyl (C=O) groups is 1. The van der Waals surface area contributed by atoms with Crippen LogP contribution in [0.3, 0.4) is 0 Å². The molecule has 0 aliphatic carbocycles. The zero-order valence-electron chi connectivity index (χ0n) is 16.5. The summed E-state index contributed by atoms with van der Waals surface area (Å²) < 4.78 is 34.0. The molecular weight excluding hydrogens is 358 g/mol. The standard InChI is InChI=1S/C14H14F2N2O3.2C2H6.CH4O/c15-14(16)21-10-3-1-2-9(5-10)12(18)13-11(17)4-8(6-19)7-20-13;3*1-2/h1-3,5-6,8,14,18H,4,7,17H2;2*1-2H3;2H,1H3. The van der Waals surface area contributed by atoms with Crippen molar-refractivity contribution in [3.63, 3.8) is 0 Å². The Morgan fingerprint density at radius 1 is 1.33 bits per heavy atom. The summed E-state index contributed by atoms with van der Waals surface area (Å²) in [7, 11) is 1.00. The quantitative estimate of drug-likeness (QED) is 0.527. The number of carbonyl (C=O) groups excluding carboxylic acids is 1. The molecule has 4 N–H and O–H groups in total. The van der Waals surface area contributed by atoms with Gasteiger partial charge < -0.3 is 25.1 Å². The van der Waals surface area contributed by atoms with Gasteiger partial charge in [-0.15, -0.1) is 0 Å². The Labute approximate surface area is 159 Å². The maximum atomic E-state index is 12.2. The summed E-state index contributed by atoms with van der Waals surface area (Å²) in [5.74, 6) is -0.203. The van der Waals surface area contributed by atoms with Gasteiger partial charge in [-0.05, 0) is 12.1 Å². The molecule has 1 aromatic rings. The minimum Gasteiger partial charge on any atom is -0.489 e. The number of aldehydes is 1. The summed E-state index contributed by atoms with van der Waals surface area (Å²) >= 11 is 0. The molecule has 0 fully saturated rings. The van der Waals surface area contributed by atoms with Crippen molar-refractivity contribution in [3.8, 4) is 5.75 Å². The summed E-state index contributed by atoms with van der Waals surface area (Å²) in [5, 5.41) is 15.1. The van der Waals surface area contributed by atoms with E-state index in [0.717, 1.165) is 13.4 Å². The van der Waals surface area contributed by atoms with Gasteiger partial charge in [-0.2, -0.15) is 8.78 Å². The number of hydrogen-bond donors (Lipinski definition) is 3. The molecule has 2 rings (SSSR count). The Morgan fingerprint density at radius 2 is 1.93 bits per heavy atom. The van der Waals surface area contributed by atoms with Crippen LogP contribution in [0.2, 0.25) is 0 Å². The molecule has 1 aromatic carbocycles. The van der Waals surface area contributed by atoms with Gasteiger partial charge in [0.2, 0.25) is 0 Å². The number of nitrogens with two attached hydrogens (primary N) is 1. The van der Waals surface area contributed by atoms with Crippen molar-refractivity contribution in [1.29, 1.82) is 5.41 Å². The minimum absolute atomic E-state index is 0.0310. The largest absolute Gasteiger partial charge is 0.489 e. The third kappa shape index (κ3) is 9.14. The SMILES string of the molecule is CC.CC.CO.N=C(C1=C(N)CC(C=O)CO1)c1cccc(OC(F)F)c1. The Bertz CT molecular complexity index is 593. The number of ether oxygens (including phenoxy) is 2. The maximum absolute atomic E-state index is 12.2. The van der Waals surface area contributed by atoms with Crippen molar-refractivity contribution in [2.75, 3.05) is 13.7 Å². The molecule has 1 atom stereocenters. The van der Waals surface area contributed by atoms with Gasteiger partial charge in [0, 0.05) is 19.1 Å². The van der Waals surface area contributed by atoms with E-state index < -0.39 is 6.61 Å². The van der Waals surface area contributed by atoms with Gasteiger partial charge in [0.1, 0.15) is 17.7 Å². The Hall–Kier alpha value is -2.48. The van der Waals surface area contributed by atoms with Gasteiger partial charge >= 0.3 is 6.61 Å². The summed E-state index contributed by atoms with van der Waals surface area (Å²) in [6.07, 6.45) is 1.07. The van der Waals surface area contributed by atoms with E-state index >= 15 is 0 Å². The first-order valence-electron chi connectivity index (χ1n) is 8.67. The number of allylic oxidation sites excluding steroid dienone is 2. The van der Waals surface area contributed by atoms with Gasteiger partial charge in [-0.3, -0.25) is 5.41 Å². The molecule has 6 nitrogen and oxygen atoms in total. The number of benzene rings is 1. The highest BCUT2D eigenvalue weighted by atomic mass is 19.3. The zero-order chi connectivity index (χ0) is 21.4. The average Bonchev–Trinajstić information content (AvgIpc) is 2.71. The molecule has 0 radical (unpaired) electrons. The molecule has 0 aromatic heterocycles. The van der Waals surface area contributed by atoms with Crippen molar-refractivity contribution < 1.29 is 28.2 Å². The molecule has 1 aliphatic heterocycles. The lowest BCUT2D eigenvalue weighted by Gasteiger charge is -2.23. The van der Waals surface area contributed by atoms with E-state index in [1.165, 1.54) is 18.2 Å². The molecule has 8 heteroatoms. The van der Waals surface area contributed by atoms with Crippen LogP contribution in [0.4, 0.5) is 8.78 Å². The van der Waals surface area contributed by atoms with Crippen LogP contribution >= 0.6 is 0 Å². The number of hydrogen-bond acceptors (Lipinski definition) is 6. The summed E-state index contributed by atoms with van der Waals surface area (Å²) in [6, 6.07) is 5.74. The summed E-state index contributed by atoms with van der Waals surface area (Å²) in [5.41, 5.74) is 6.41. The molecule has 0 bridgehead atoms. The smallest absolute Gasteiger partial charge is 0.387 e. The second-order valence-electron chi connectivity index (χ2n) is 4.55. The fourth-order valence-corrected chi connectivity index (χ4v) is 2.00. The zero-order valence-corrected chi connectivity index (χ0v) is 16.5. The van der Waals surface area contributed by atoms with E-state index in [-0.39, 0.29) is 29.7 Å². The molecule has 0 amide bonds. The van der Waals surface area contributed by atoms with E-state index in [0.29, 0.717) is 17.7 Å². The fourth-order valence-electron chi connectivity index (χ4n) is 2.00. The van der Waals surface area contributed by atoms with Crippen molar-refractivity contribution in [2.45, 2.75) is 40.7 Å². The van der Waals surface area contributed by atoms with Crippen molar-refractivity contribution in [3.05, 3.63) is 41.3 Å². The van der Waals surface area contributed by atoms with Crippen LogP contribution < -0.4 is 10.5 Å². The van der Waals surface area contributed by atoms with Crippen LogP contribution in [0.5, 0.6) is 5.75 Å². The Morgan fingerprint density at radius 3 is 2.41 bits per heavy atom. The molecule has 1 heterocycles. The predicted octanol–water partition coefficient (Wildman–Crippen LogP) is 3.72. The first-order valence-corrected chi connectivity index (χ1v) is 8.67. The van der Waals surface area contributed by atoms with Gasteiger partial charge in [0.15, 0.2) is 5.76 Å². The third-order valence-corrected chi connectivity index (χ3v) is 2.98. The predicted molar refractivity (Wildman–Crippen MR) is 102 cm³/mol. The van der Waals surface area contributed by atoms with E-state index in [4.69, 9.17) is 21.0 Å². The topological polar surface area (TPSA) is 106 Å². The molecule has 154 valence electrons. The lowest BCUT2D eigenvalue weighted by molar-refractivity contribution is -0.112. The summed E-state index contributed by atoms with van der Waals surface area (Å²) in [6.45, 7) is 5.22. The lowest BCUT2D eigenvalue weighted by atomic mass is 9.99. The Balaban J connectivity index is 0. The van der Waals surface area contributed by atoms with Gasteiger partial charge in [-0.25, -0.2) is 0 Å². The highest BCUT2D eigenvalue weighted by Crippen LogP contribution is 2.24.